The Labute approximate surface area is 302 Å². The van der Waals surface area contributed by atoms with Crippen LogP contribution in [-0.4, -0.2) is 0 Å². The van der Waals surface area contributed by atoms with Crippen LogP contribution < -0.4 is 0 Å². The summed E-state index contributed by atoms with van der Waals surface area (Å²) in [7, 11) is 0. The Morgan fingerprint density at radius 3 is 1.08 bits per heavy atom. The molecule has 268 valence electrons. The van der Waals surface area contributed by atoms with Crippen molar-refractivity contribution in [3.05, 3.63) is 70.8 Å². The number of hydrogen-bond donors (Lipinski definition) is 0. The van der Waals surface area contributed by atoms with Crippen molar-refractivity contribution in [3.63, 3.8) is 0 Å². The summed E-state index contributed by atoms with van der Waals surface area (Å²) >= 11 is 0. The van der Waals surface area contributed by atoms with E-state index in [1.54, 1.807) is 11.1 Å². The fraction of sp³-hybridized carbons (Fsp3) is 0.755. The minimum absolute atomic E-state index is 0.0998. The molecule has 6 fully saturated rings. The average Bonchev–Trinajstić information content (AvgIpc) is 3.70. The SMILES string of the molecule is Cc1ccc(C(c2ccc(C)cc2)(C2CCCC2)C2C3CC4C(CC3C3CC5C(CC32)C(C)(C)CCC5(C)C)C(C)(C)CCC4(C)C)cc1. The van der Waals surface area contributed by atoms with Gasteiger partial charge in [-0.1, -0.05) is 128 Å². The van der Waals surface area contributed by atoms with Crippen LogP contribution in [0.25, 0.3) is 0 Å². The van der Waals surface area contributed by atoms with Crippen molar-refractivity contribution < 1.29 is 0 Å². The van der Waals surface area contributed by atoms with Crippen molar-refractivity contribution in [3.8, 4) is 0 Å². The summed E-state index contributed by atoms with van der Waals surface area (Å²) in [5, 5.41) is 0. The van der Waals surface area contributed by atoms with E-state index >= 15 is 0 Å². The fourth-order valence-corrected chi connectivity index (χ4v) is 15.2. The van der Waals surface area contributed by atoms with E-state index in [-0.39, 0.29) is 5.41 Å². The van der Waals surface area contributed by atoms with Crippen LogP contribution in [0, 0.1) is 94.7 Å². The molecule has 2 aromatic carbocycles. The van der Waals surface area contributed by atoms with Crippen molar-refractivity contribution in [1.29, 1.82) is 0 Å². The zero-order valence-electron chi connectivity index (χ0n) is 33.4. The van der Waals surface area contributed by atoms with E-state index in [4.69, 9.17) is 0 Å². The lowest BCUT2D eigenvalue weighted by Gasteiger charge is -2.59. The highest BCUT2D eigenvalue weighted by atomic mass is 14.7. The van der Waals surface area contributed by atoms with Crippen LogP contribution in [-0.2, 0) is 5.41 Å². The van der Waals surface area contributed by atoms with E-state index in [0.717, 1.165) is 59.2 Å². The summed E-state index contributed by atoms with van der Waals surface area (Å²) in [5.74, 6) is 8.39. The van der Waals surface area contributed by atoms with Gasteiger partial charge in [-0.15, -0.1) is 0 Å². The first-order valence-corrected chi connectivity index (χ1v) is 21.2. The van der Waals surface area contributed by atoms with Crippen LogP contribution >= 0.6 is 0 Å². The zero-order chi connectivity index (χ0) is 34.7. The summed E-state index contributed by atoms with van der Waals surface area (Å²) < 4.78 is 0. The third-order valence-electron chi connectivity index (χ3n) is 18.1. The summed E-state index contributed by atoms with van der Waals surface area (Å²) in [5.41, 5.74) is 8.11. The highest BCUT2D eigenvalue weighted by Gasteiger charge is 2.68. The van der Waals surface area contributed by atoms with Crippen LogP contribution in [0.3, 0.4) is 0 Å². The largest absolute Gasteiger partial charge is 0.0596 e. The monoisotopic (exact) mass is 661 g/mol. The van der Waals surface area contributed by atoms with Gasteiger partial charge in [0, 0.05) is 5.41 Å². The molecule has 6 aliphatic carbocycles. The van der Waals surface area contributed by atoms with Gasteiger partial charge in [0.05, 0.1) is 0 Å². The predicted molar refractivity (Wildman–Crippen MR) is 209 cm³/mol. The fourth-order valence-electron chi connectivity index (χ4n) is 15.2. The Hall–Kier alpha value is -1.56. The van der Waals surface area contributed by atoms with Crippen molar-refractivity contribution in [2.24, 2.45) is 80.8 Å². The van der Waals surface area contributed by atoms with Gasteiger partial charge in [-0.2, -0.15) is 0 Å². The van der Waals surface area contributed by atoms with Crippen molar-refractivity contribution in [1.82, 2.24) is 0 Å². The van der Waals surface area contributed by atoms with Gasteiger partial charge in [0.2, 0.25) is 0 Å². The maximum absolute atomic E-state index is 2.68. The smallest absolute Gasteiger partial charge is 0.0264 e. The molecule has 0 nitrogen and oxygen atoms in total. The number of fused-ring (bicyclic) bond motifs is 5. The highest BCUT2D eigenvalue weighted by Crippen LogP contribution is 2.74. The number of aryl methyl sites for hydroxylation is 2. The molecule has 8 unspecified atom stereocenters. The van der Waals surface area contributed by atoms with Crippen LogP contribution in [0.4, 0.5) is 0 Å². The Balaban J connectivity index is 1.37. The Morgan fingerprint density at radius 1 is 0.449 bits per heavy atom. The van der Waals surface area contributed by atoms with E-state index in [2.05, 4.69) is 118 Å². The first-order valence-electron chi connectivity index (χ1n) is 21.2. The van der Waals surface area contributed by atoms with Gasteiger partial charge in [-0.3, -0.25) is 0 Å². The minimum Gasteiger partial charge on any atom is -0.0596 e. The second-order valence-corrected chi connectivity index (χ2v) is 22.1. The number of hydrogen-bond acceptors (Lipinski definition) is 0. The first-order chi connectivity index (χ1) is 23.1. The lowest BCUT2D eigenvalue weighted by molar-refractivity contribution is -0.0969. The molecule has 0 aliphatic heterocycles. The number of rotatable bonds is 4. The molecule has 0 amide bonds. The highest BCUT2D eigenvalue weighted by molar-refractivity contribution is 5.45. The van der Waals surface area contributed by atoms with E-state index in [1.807, 2.05) is 0 Å². The molecule has 6 saturated carbocycles. The summed E-state index contributed by atoms with van der Waals surface area (Å²) in [6.07, 6.45) is 17.3. The topological polar surface area (TPSA) is 0 Å². The molecule has 0 heterocycles. The molecule has 0 spiro atoms. The second-order valence-electron chi connectivity index (χ2n) is 22.1. The predicted octanol–water partition coefficient (Wildman–Crippen LogP) is 13.6. The molecule has 0 aromatic heterocycles. The normalized spacial score (nSPS) is 39.0. The third kappa shape index (κ3) is 5.31. The minimum atomic E-state index is 0.0998. The molecule has 0 N–H and O–H groups in total. The molecule has 0 radical (unpaired) electrons. The molecule has 49 heavy (non-hydrogen) atoms. The third-order valence-corrected chi connectivity index (χ3v) is 18.1. The molecule has 0 heteroatoms. The maximum Gasteiger partial charge on any atom is 0.0264 e. The molecule has 8 rings (SSSR count). The van der Waals surface area contributed by atoms with Gasteiger partial charge >= 0.3 is 0 Å². The summed E-state index contributed by atoms with van der Waals surface area (Å²) in [6.45, 7) is 26.0. The Morgan fingerprint density at radius 2 is 0.755 bits per heavy atom. The molecule has 0 saturated heterocycles. The van der Waals surface area contributed by atoms with E-state index in [1.165, 1.54) is 88.2 Å². The molecule has 2 aromatic rings. The Kier molecular flexibility index (Phi) is 8.26. The van der Waals surface area contributed by atoms with Crippen molar-refractivity contribution in [2.75, 3.05) is 0 Å². The lowest BCUT2D eigenvalue weighted by Crippen LogP contribution is -2.53. The zero-order valence-corrected chi connectivity index (χ0v) is 33.4. The van der Waals surface area contributed by atoms with Gasteiger partial charge in [0.15, 0.2) is 0 Å². The Bertz CT molecular complexity index is 1390. The van der Waals surface area contributed by atoms with Gasteiger partial charge in [0.25, 0.3) is 0 Å². The van der Waals surface area contributed by atoms with Gasteiger partial charge < -0.3 is 0 Å². The van der Waals surface area contributed by atoms with Crippen LogP contribution in [0.2, 0.25) is 0 Å². The van der Waals surface area contributed by atoms with E-state index in [9.17, 15) is 0 Å². The van der Waals surface area contributed by atoms with Crippen molar-refractivity contribution >= 4 is 0 Å². The number of benzene rings is 2. The lowest BCUT2D eigenvalue weighted by atomic mass is 9.45. The van der Waals surface area contributed by atoms with Gasteiger partial charge in [0.1, 0.15) is 0 Å². The maximum atomic E-state index is 2.68. The second kappa shape index (κ2) is 11.7. The summed E-state index contributed by atoms with van der Waals surface area (Å²) in [4.78, 5) is 0. The molecule has 6 aliphatic rings. The molecular weight excluding hydrogens is 589 g/mol. The quantitative estimate of drug-likeness (QED) is 0.306. The van der Waals surface area contributed by atoms with Crippen molar-refractivity contribution in [2.45, 2.75) is 152 Å². The molecular formula is C49H72. The standard InChI is InChI=1S/C49H72/c1-31-15-19-34(20-16-31)49(33-13-11-12-14-33,35-21-17-32(2)18-22-35)44-38-29-42-40(45(3,4)23-25-47(42,7)8)27-36(38)37-28-41-43(30-39(37)44)48(9,10)26-24-46(41,5)6/h15-22,33,36-44H,11-14,23-30H2,1-10H3. The first kappa shape index (κ1) is 34.5. The average molecular weight is 661 g/mol. The summed E-state index contributed by atoms with van der Waals surface area (Å²) in [6, 6.07) is 20.4. The molecule has 8 atom stereocenters. The van der Waals surface area contributed by atoms with Crippen LogP contribution in [0.1, 0.15) is 155 Å². The van der Waals surface area contributed by atoms with Crippen LogP contribution in [0.5, 0.6) is 0 Å². The van der Waals surface area contributed by atoms with E-state index in [0.29, 0.717) is 21.7 Å². The van der Waals surface area contributed by atoms with Crippen LogP contribution in [0.15, 0.2) is 48.5 Å². The van der Waals surface area contributed by atoms with Gasteiger partial charge in [-0.05, 0) is 170 Å². The van der Waals surface area contributed by atoms with E-state index < -0.39 is 0 Å². The van der Waals surface area contributed by atoms with Gasteiger partial charge in [-0.25, -0.2) is 0 Å². The molecule has 0 bridgehead atoms.